The second-order valence-corrected chi connectivity index (χ2v) is 7.37. The first-order valence-electron chi connectivity index (χ1n) is 6.51. The molecule has 0 radical (unpaired) electrons. The van der Waals surface area contributed by atoms with Crippen LogP contribution in [0.2, 0.25) is 5.02 Å². The van der Waals surface area contributed by atoms with Crippen LogP contribution in [0, 0.1) is 5.92 Å². The van der Waals surface area contributed by atoms with Gasteiger partial charge in [0.25, 0.3) is 0 Å². The molecule has 0 saturated carbocycles. The number of hydrogen-bond acceptors (Lipinski definition) is 6. The molecule has 0 atom stereocenters. The van der Waals surface area contributed by atoms with Crippen LogP contribution in [0.25, 0.3) is 0 Å². The van der Waals surface area contributed by atoms with Crippen LogP contribution in [0.4, 0.5) is 5.13 Å². The number of aromatic nitrogens is 2. The highest BCUT2D eigenvalue weighted by molar-refractivity contribution is 8.01. The van der Waals surface area contributed by atoms with E-state index in [-0.39, 0.29) is 23.4 Å². The van der Waals surface area contributed by atoms with Crippen molar-refractivity contribution in [3.05, 3.63) is 34.9 Å². The van der Waals surface area contributed by atoms with Gasteiger partial charge in [0.2, 0.25) is 11.0 Å². The summed E-state index contributed by atoms with van der Waals surface area (Å²) in [7, 11) is 0. The third-order valence-corrected chi connectivity index (χ3v) is 4.88. The van der Waals surface area contributed by atoms with Crippen LogP contribution in [0.3, 0.4) is 0 Å². The summed E-state index contributed by atoms with van der Waals surface area (Å²) in [6, 6.07) is 6.76. The molecule has 0 aliphatic carbocycles. The lowest BCUT2D eigenvalue weighted by molar-refractivity contribution is -0.118. The van der Waals surface area contributed by atoms with Crippen molar-refractivity contribution in [3.8, 4) is 0 Å². The van der Waals surface area contributed by atoms with E-state index in [9.17, 15) is 9.59 Å². The van der Waals surface area contributed by atoms with E-state index >= 15 is 0 Å². The van der Waals surface area contributed by atoms with Gasteiger partial charge in [-0.3, -0.25) is 9.59 Å². The quantitative estimate of drug-likeness (QED) is 0.485. The minimum atomic E-state index is -0.119. The van der Waals surface area contributed by atoms with Crippen LogP contribution >= 0.6 is 34.7 Å². The lowest BCUT2D eigenvalue weighted by Gasteiger charge is -2.02. The number of anilines is 1. The van der Waals surface area contributed by atoms with Crippen molar-refractivity contribution in [2.45, 2.75) is 18.2 Å². The first kappa shape index (κ1) is 16.9. The van der Waals surface area contributed by atoms with Gasteiger partial charge in [0.05, 0.1) is 5.75 Å². The number of carbonyl (C=O) groups is 2. The fourth-order valence-electron chi connectivity index (χ4n) is 1.41. The van der Waals surface area contributed by atoms with Gasteiger partial charge in [0, 0.05) is 16.5 Å². The van der Waals surface area contributed by atoms with Gasteiger partial charge in [-0.05, 0) is 24.3 Å². The van der Waals surface area contributed by atoms with Crippen molar-refractivity contribution in [2.24, 2.45) is 5.92 Å². The zero-order valence-electron chi connectivity index (χ0n) is 12.0. The Labute approximate surface area is 141 Å². The van der Waals surface area contributed by atoms with E-state index < -0.39 is 0 Å². The van der Waals surface area contributed by atoms with E-state index in [2.05, 4.69) is 15.5 Å². The van der Waals surface area contributed by atoms with E-state index in [0.717, 1.165) is 0 Å². The number of nitrogens with one attached hydrogen (secondary N) is 1. The van der Waals surface area contributed by atoms with Gasteiger partial charge in [-0.25, -0.2) is 0 Å². The summed E-state index contributed by atoms with van der Waals surface area (Å²) < 4.78 is 0.640. The molecule has 1 N–H and O–H groups in total. The normalized spacial score (nSPS) is 10.7. The third kappa shape index (κ3) is 4.79. The maximum Gasteiger partial charge on any atom is 0.228 e. The number of thioether (sulfide) groups is 1. The summed E-state index contributed by atoms with van der Waals surface area (Å²) in [6.45, 7) is 3.60. The highest BCUT2D eigenvalue weighted by Crippen LogP contribution is 2.26. The van der Waals surface area contributed by atoms with E-state index in [1.807, 2.05) is 0 Å². The number of benzene rings is 1. The van der Waals surface area contributed by atoms with Crippen LogP contribution in [-0.4, -0.2) is 27.6 Å². The molecule has 116 valence electrons. The fraction of sp³-hybridized carbons (Fsp3) is 0.286. The van der Waals surface area contributed by atoms with Crippen molar-refractivity contribution in [1.82, 2.24) is 10.2 Å². The number of carbonyl (C=O) groups excluding carboxylic acids is 2. The van der Waals surface area contributed by atoms with Crippen LogP contribution in [0.1, 0.15) is 24.2 Å². The summed E-state index contributed by atoms with van der Waals surface area (Å²) in [5, 5.41) is 11.6. The zero-order chi connectivity index (χ0) is 16.1. The molecule has 0 bridgehead atoms. The number of Topliss-reactive ketones (excluding diaryl/α,β-unsaturated/α-hetero) is 1. The summed E-state index contributed by atoms with van der Waals surface area (Å²) >= 11 is 8.34. The Morgan fingerprint density at radius 2 is 1.95 bits per heavy atom. The summed E-state index contributed by atoms with van der Waals surface area (Å²) in [6.07, 6.45) is 0. The smallest absolute Gasteiger partial charge is 0.228 e. The standard InChI is InChI=1S/C14H14ClN3O2S2/c1-8(2)12(20)16-13-17-18-14(22-13)21-7-11(19)9-3-5-10(15)6-4-9/h3-6,8H,7H2,1-2H3,(H,16,17,20). The summed E-state index contributed by atoms with van der Waals surface area (Å²) in [4.78, 5) is 23.6. The predicted octanol–water partition coefficient (Wildman–Crippen LogP) is 3.76. The molecule has 0 spiro atoms. The molecule has 0 aliphatic rings. The molecule has 2 aromatic rings. The second kappa shape index (κ2) is 7.71. The fourth-order valence-corrected chi connectivity index (χ4v) is 3.19. The summed E-state index contributed by atoms with van der Waals surface area (Å²) in [5.41, 5.74) is 0.606. The van der Waals surface area contributed by atoms with E-state index in [4.69, 9.17) is 11.6 Å². The SMILES string of the molecule is CC(C)C(=O)Nc1nnc(SCC(=O)c2ccc(Cl)cc2)s1. The Bertz CT molecular complexity index is 671. The van der Waals surface area contributed by atoms with Crippen molar-refractivity contribution in [3.63, 3.8) is 0 Å². The highest BCUT2D eigenvalue weighted by Gasteiger charge is 2.13. The zero-order valence-corrected chi connectivity index (χ0v) is 14.4. The molecule has 1 amide bonds. The van der Waals surface area contributed by atoms with Crippen LogP contribution in [0.5, 0.6) is 0 Å². The van der Waals surface area contributed by atoms with Gasteiger partial charge in [-0.1, -0.05) is 48.5 Å². The minimum absolute atomic E-state index is 0.00960. The van der Waals surface area contributed by atoms with Crippen LogP contribution < -0.4 is 5.32 Å². The third-order valence-electron chi connectivity index (χ3n) is 2.65. The average Bonchev–Trinajstić information content (AvgIpc) is 2.93. The van der Waals surface area contributed by atoms with Crippen molar-refractivity contribution < 1.29 is 9.59 Å². The molecule has 1 heterocycles. The van der Waals surface area contributed by atoms with E-state index in [0.29, 0.717) is 20.1 Å². The van der Waals surface area contributed by atoms with Crippen molar-refractivity contribution >= 4 is 51.5 Å². The van der Waals surface area contributed by atoms with E-state index in [1.54, 1.807) is 38.1 Å². The number of halogens is 1. The van der Waals surface area contributed by atoms with Gasteiger partial charge < -0.3 is 5.32 Å². The van der Waals surface area contributed by atoms with Crippen LogP contribution in [-0.2, 0) is 4.79 Å². The highest BCUT2D eigenvalue weighted by atomic mass is 35.5. The number of nitrogens with zero attached hydrogens (tertiary/aromatic N) is 2. The molecular weight excluding hydrogens is 342 g/mol. The molecular formula is C14H14ClN3O2S2. The number of ketones is 1. The molecule has 0 saturated heterocycles. The van der Waals surface area contributed by atoms with Gasteiger partial charge >= 0.3 is 0 Å². The molecule has 22 heavy (non-hydrogen) atoms. The Morgan fingerprint density at radius 1 is 1.27 bits per heavy atom. The van der Waals surface area contributed by atoms with Gasteiger partial charge in [0.1, 0.15) is 0 Å². The molecule has 8 heteroatoms. The van der Waals surface area contributed by atoms with Gasteiger partial charge in [0.15, 0.2) is 10.1 Å². The Morgan fingerprint density at radius 3 is 2.59 bits per heavy atom. The number of hydrogen-bond donors (Lipinski definition) is 1. The molecule has 5 nitrogen and oxygen atoms in total. The Hall–Kier alpha value is -1.44. The number of amides is 1. The topological polar surface area (TPSA) is 72.0 Å². The molecule has 1 aromatic heterocycles. The van der Waals surface area contributed by atoms with Crippen molar-refractivity contribution in [1.29, 1.82) is 0 Å². The van der Waals surface area contributed by atoms with E-state index in [1.165, 1.54) is 23.1 Å². The monoisotopic (exact) mass is 355 g/mol. The first-order valence-corrected chi connectivity index (χ1v) is 8.69. The lowest BCUT2D eigenvalue weighted by atomic mass is 10.1. The average molecular weight is 356 g/mol. The minimum Gasteiger partial charge on any atom is -0.300 e. The predicted molar refractivity (Wildman–Crippen MR) is 89.9 cm³/mol. The molecule has 0 aliphatic heterocycles. The molecule has 0 unspecified atom stereocenters. The van der Waals surface area contributed by atoms with Gasteiger partial charge in [-0.2, -0.15) is 0 Å². The van der Waals surface area contributed by atoms with Crippen molar-refractivity contribution in [2.75, 3.05) is 11.1 Å². The molecule has 2 rings (SSSR count). The summed E-state index contributed by atoms with van der Waals surface area (Å²) in [5.74, 6) is 0.0232. The molecule has 1 aromatic carbocycles. The maximum absolute atomic E-state index is 12.0. The largest absolute Gasteiger partial charge is 0.300 e. The lowest BCUT2D eigenvalue weighted by Crippen LogP contribution is -2.17. The van der Waals surface area contributed by atoms with Crippen LogP contribution in [0.15, 0.2) is 28.6 Å². The Balaban J connectivity index is 1.89. The second-order valence-electron chi connectivity index (χ2n) is 4.74. The first-order chi connectivity index (χ1) is 10.5. The maximum atomic E-state index is 12.0. The Kier molecular flexibility index (Phi) is 5.93. The number of rotatable bonds is 6. The van der Waals surface area contributed by atoms with Gasteiger partial charge in [-0.15, -0.1) is 10.2 Å². The molecule has 0 fully saturated rings.